The Balaban J connectivity index is 1.55. The van der Waals surface area contributed by atoms with E-state index in [1.165, 1.54) is 4.90 Å². The maximum Gasteiger partial charge on any atom is 0.256 e. The van der Waals surface area contributed by atoms with Crippen LogP contribution in [0.15, 0.2) is 78.9 Å². The third kappa shape index (κ3) is 5.44. The van der Waals surface area contributed by atoms with Gasteiger partial charge in [-0.25, -0.2) is 0 Å². The monoisotopic (exact) mass is 489 g/mol. The summed E-state index contributed by atoms with van der Waals surface area (Å²) < 4.78 is 10.7. The Morgan fingerprint density at radius 3 is 2.26 bits per heavy atom. The molecule has 0 radical (unpaired) electrons. The smallest absolute Gasteiger partial charge is 0.256 e. The van der Waals surface area contributed by atoms with E-state index in [0.717, 1.165) is 5.56 Å². The first-order valence-corrected chi connectivity index (χ1v) is 11.7. The standard InChI is InChI=1S/C27H27N3O4S/c1-33-23-14-13-19(17-24(23)34-2)15-16-29-22(18-25(31)28-20-9-5-3-6-10-20)26(32)30(27(29)35)21-11-7-4-8-12-21/h3-14,17,22H,15-16,18H2,1-2H3,(H,28,31)/t22-/m0/s1. The molecule has 0 aliphatic carbocycles. The lowest BCUT2D eigenvalue weighted by Gasteiger charge is -2.24. The molecule has 35 heavy (non-hydrogen) atoms. The highest BCUT2D eigenvalue weighted by molar-refractivity contribution is 7.80. The van der Waals surface area contributed by atoms with Crippen LogP contribution in [0.4, 0.5) is 11.4 Å². The van der Waals surface area contributed by atoms with Gasteiger partial charge >= 0.3 is 0 Å². The number of amides is 2. The number of para-hydroxylation sites is 2. The molecule has 0 bridgehead atoms. The Labute approximate surface area is 210 Å². The van der Waals surface area contributed by atoms with Crippen molar-refractivity contribution >= 4 is 40.5 Å². The summed E-state index contributed by atoms with van der Waals surface area (Å²) in [5.74, 6) is 0.823. The SMILES string of the molecule is COc1ccc(CCN2C(=S)N(c3ccccc3)C(=O)[C@@H]2CC(=O)Nc2ccccc2)cc1OC. The molecule has 1 aliphatic heterocycles. The second-order valence-electron chi connectivity index (χ2n) is 8.06. The molecular weight excluding hydrogens is 462 g/mol. The summed E-state index contributed by atoms with van der Waals surface area (Å²) in [6.07, 6.45) is 0.594. The zero-order chi connectivity index (χ0) is 24.8. The number of carbonyl (C=O) groups excluding carboxylic acids is 2. The number of methoxy groups -OCH3 is 2. The normalized spacial score (nSPS) is 15.3. The molecule has 1 aliphatic rings. The lowest BCUT2D eigenvalue weighted by atomic mass is 10.1. The van der Waals surface area contributed by atoms with E-state index in [1.807, 2.05) is 83.8 Å². The van der Waals surface area contributed by atoms with Crippen LogP contribution in [0, 0.1) is 0 Å². The number of nitrogens with one attached hydrogen (secondary N) is 1. The van der Waals surface area contributed by atoms with Crippen molar-refractivity contribution in [2.75, 3.05) is 31.0 Å². The van der Waals surface area contributed by atoms with Crippen LogP contribution in [0.1, 0.15) is 12.0 Å². The molecule has 4 rings (SSSR count). The van der Waals surface area contributed by atoms with Crippen LogP contribution in [0.5, 0.6) is 11.5 Å². The number of ether oxygens (including phenoxy) is 2. The van der Waals surface area contributed by atoms with E-state index < -0.39 is 6.04 Å². The highest BCUT2D eigenvalue weighted by atomic mass is 32.1. The Morgan fingerprint density at radius 1 is 0.943 bits per heavy atom. The van der Waals surface area contributed by atoms with E-state index in [1.54, 1.807) is 14.2 Å². The van der Waals surface area contributed by atoms with Crippen molar-refractivity contribution in [1.82, 2.24) is 4.90 Å². The number of anilines is 2. The predicted octanol–water partition coefficient (Wildman–Crippen LogP) is 4.28. The van der Waals surface area contributed by atoms with E-state index in [9.17, 15) is 9.59 Å². The van der Waals surface area contributed by atoms with Gasteiger partial charge < -0.3 is 19.7 Å². The zero-order valence-electron chi connectivity index (χ0n) is 19.6. The molecule has 0 aromatic heterocycles. The summed E-state index contributed by atoms with van der Waals surface area (Å²) in [7, 11) is 3.18. The molecule has 1 atom stereocenters. The summed E-state index contributed by atoms with van der Waals surface area (Å²) in [5, 5.41) is 3.26. The fraction of sp³-hybridized carbons (Fsp3) is 0.222. The van der Waals surface area contributed by atoms with E-state index >= 15 is 0 Å². The number of hydrogen-bond acceptors (Lipinski definition) is 5. The topological polar surface area (TPSA) is 71.1 Å². The van der Waals surface area contributed by atoms with Gasteiger partial charge in [-0.3, -0.25) is 14.5 Å². The fourth-order valence-corrected chi connectivity index (χ4v) is 4.51. The van der Waals surface area contributed by atoms with Crippen LogP contribution < -0.4 is 19.7 Å². The minimum absolute atomic E-state index is 0.0108. The van der Waals surface area contributed by atoms with E-state index in [-0.39, 0.29) is 18.2 Å². The van der Waals surface area contributed by atoms with Gasteiger partial charge in [0.1, 0.15) is 6.04 Å². The second kappa shape index (κ2) is 11.0. The average molecular weight is 490 g/mol. The van der Waals surface area contributed by atoms with E-state index in [2.05, 4.69) is 5.32 Å². The molecule has 7 nitrogen and oxygen atoms in total. The number of benzene rings is 3. The second-order valence-corrected chi connectivity index (χ2v) is 8.42. The Kier molecular flexibility index (Phi) is 7.62. The first kappa shape index (κ1) is 24.2. The van der Waals surface area contributed by atoms with Crippen molar-refractivity contribution in [2.45, 2.75) is 18.9 Å². The highest BCUT2D eigenvalue weighted by Crippen LogP contribution is 2.30. The summed E-state index contributed by atoms with van der Waals surface area (Å²) in [5.41, 5.74) is 2.37. The minimum atomic E-state index is -0.702. The van der Waals surface area contributed by atoms with Gasteiger partial charge in [0.05, 0.1) is 26.3 Å². The molecule has 8 heteroatoms. The molecule has 2 amide bonds. The summed E-state index contributed by atoms with van der Waals surface area (Å²) >= 11 is 5.74. The van der Waals surface area contributed by atoms with Gasteiger partial charge in [0.15, 0.2) is 16.6 Å². The predicted molar refractivity (Wildman–Crippen MR) is 140 cm³/mol. The van der Waals surface area contributed by atoms with Gasteiger partial charge in [0, 0.05) is 12.2 Å². The molecule has 1 fully saturated rings. The number of carbonyl (C=O) groups is 2. The largest absolute Gasteiger partial charge is 0.493 e. The van der Waals surface area contributed by atoms with Crippen LogP contribution >= 0.6 is 12.2 Å². The minimum Gasteiger partial charge on any atom is -0.493 e. The van der Waals surface area contributed by atoms with Crippen molar-refractivity contribution in [3.63, 3.8) is 0 Å². The van der Waals surface area contributed by atoms with Crippen molar-refractivity contribution in [3.8, 4) is 11.5 Å². The van der Waals surface area contributed by atoms with Crippen LogP contribution in [-0.2, 0) is 16.0 Å². The molecular formula is C27H27N3O4S. The Hall–Kier alpha value is -3.91. The lowest BCUT2D eigenvalue weighted by molar-refractivity contribution is -0.124. The molecule has 1 saturated heterocycles. The first-order chi connectivity index (χ1) is 17.0. The molecule has 3 aromatic rings. The molecule has 3 aromatic carbocycles. The quantitative estimate of drug-likeness (QED) is 0.453. The average Bonchev–Trinajstić information content (AvgIpc) is 3.11. The molecule has 1 heterocycles. The summed E-state index contributed by atoms with van der Waals surface area (Å²) in [4.78, 5) is 29.7. The van der Waals surface area contributed by atoms with Gasteiger partial charge in [-0.1, -0.05) is 42.5 Å². The van der Waals surface area contributed by atoms with Crippen molar-refractivity contribution in [2.24, 2.45) is 0 Å². The molecule has 1 N–H and O–H groups in total. The van der Waals surface area contributed by atoms with Gasteiger partial charge in [0.25, 0.3) is 5.91 Å². The summed E-state index contributed by atoms with van der Waals surface area (Å²) in [6.45, 7) is 0.465. The Bertz CT molecular complexity index is 1200. The Morgan fingerprint density at radius 2 is 1.60 bits per heavy atom. The van der Waals surface area contributed by atoms with E-state index in [4.69, 9.17) is 21.7 Å². The van der Waals surface area contributed by atoms with Gasteiger partial charge in [-0.05, 0) is 60.6 Å². The number of hydrogen-bond donors (Lipinski definition) is 1. The first-order valence-electron chi connectivity index (χ1n) is 11.3. The van der Waals surface area contributed by atoms with Crippen molar-refractivity contribution in [1.29, 1.82) is 0 Å². The van der Waals surface area contributed by atoms with Crippen LogP contribution in [0.3, 0.4) is 0 Å². The van der Waals surface area contributed by atoms with Crippen molar-refractivity contribution in [3.05, 3.63) is 84.4 Å². The zero-order valence-corrected chi connectivity index (χ0v) is 20.5. The van der Waals surface area contributed by atoms with Crippen molar-refractivity contribution < 1.29 is 19.1 Å². The van der Waals surface area contributed by atoms with Crippen LogP contribution in [0.2, 0.25) is 0 Å². The van der Waals surface area contributed by atoms with Crippen LogP contribution in [0.25, 0.3) is 0 Å². The molecule has 0 spiro atoms. The van der Waals surface area contributed by atoms with Gasteiger partial charge in [0.2, 0.25) is 5.91 Å². The molecule has 180 valence electrons. The number of thiocarbonyl (C=S) groups is 1. The van der Waals surface area contributed by atoms with Crippen LogP contribution in [-0.4, -0.2) is 48.6 Å². The number of rotatable bonds is 9. The van der Waals surface area contributed by atoms with Gasteiger partial charge in [-0.2, -0.15) is 0 Å². The maximum absolute atomic E-state index is 13.5. The maximum atomic E-state index is 13.5. The summed E-state index contributed by atoms with van der Waals surface area (Å²) in [6, 6.07) is 23.5. The molecule has 0 unspecified atom stereocenters. The van der Waals surface area contributed by atoms with Gasteiger partial charge in [-0.15, -0.1) is 0 Å². The lowest BCUT2D eigenvalue weighted by Crippen LogP contribution is -2.39. The highest BCUT2D eigenvalue weighted by Gasteiger charge is 2.43. The third-order valence-electron chi connectivity index (χ3n) is 5.86. The van der Waals surface area contributed by atoms with E-state index in [0.29, 0.717) is 41.0 Å². The molecule has 0 saturated carbocycles. The third-order valence-corrected chi connectivity index (χ3v) is 6.28. The number of nitrogens with zero attached hydrogens (tertiary/aromatic N) is 2. The fourth-order valence-electron chi connectivity index (χ4n) is 4.10.